The number of fused-ring (bicyclic) bond motifs is 1. The van der Waals surface area contributed by atoms with Gasteiger partial charge in [-0.05, 0) is 67.7 Å². The molecule has 0 aliphatic carbocycles. The van der Waals surface area contributed by atoms with Crippen molar-refractivity contribution in [1.82, 2.24) is 15.2 Å². The number of carbonyl (C=O) groups is 1. The van der Waals surface area contributed by atoms with Gasteiger partial charge < -0.3 is 16.0 Å². The number of benzene rings is 2. The minimum absolute atomic E-state index is 0.0949. The van der Waals surface area contributed by atoms with Crippen molar-refractivity contribution in [2.24, 2.45) is 0 Å². The fraction of sp³-hybridized carbons (Fsp3) is 0.273. The van der Waals surface area contributed by atoms with E-state index in [2.05, 4.69) is 22.2 Å². The molecule has 0 saturated carbocycles. The molecule has 2 heterocycles. The quantitative estimate of drug-likeness (QED) is 0.707. The van der Waals surface area contributed by atoms with Crippen molar-refractivity contribution in [3.05, 3.63) is 58.7 Å². The van der Waals surface area contributed by atoms with Crippen molar-refractivity contribution in [1.29, 1.82) is 0 Å². The van der Waals surface area contributed by atoms with Crippen LogP contribution in [0.4, 0.5) is 5.82 Å². The number of hydrogen-bond donors (Lipinski definition) is 2. The third-order valence-corrected chi connectivity index (χ3v) is 5.65. The lowest BCUT2D eigenvalue weighted by atomic mass is 9.94. The van der Waals surface area contributed by atoms with Crippen LogP contribution in [0.1, 0.15) is 22.3 Å². The lowest BCUT2D eigenvalue weighted by Crippen LogP contribution is -2.36. The summed E-state index contributed by atoms with van der Waals surface area (Å²) in [5.74, 6) is 0.297. The Morgan fingerprint density at radius 3 is 2.86 bits per heavy atom. The van der Waals surface area contributed by atoms with Crippen LogP contribution in [0.25, 0.3) is 21.9 Å². The minimum Gasteiger partial charge on any atom is -0.384 e. The zero-order valence-corrected chi connectivity index (χ0v) is 16.8. The molecule has 3 aromatic rings. The predicted molar refractivity (Wildman–Crippen MR) is 115 cm³/mol. The smallest absolute Gasteiger partial charge is 0.252 e. The van der Waals surface area contributed by atoms with E-state index in [1.54, 1.807) is 12.3 Å². The van der Waals surface area contributed by atoms with Crippen molar-refractivity contribution >= 4 is 34.1 Å². The Morgan fingerprint density at radius 1 is 1.32 bits per heavy atom. The number of nitrogen functional groups attached to an aromatic ring is 1. The number of nitrogens with two attached hydrogens (primary N) is 1. The van der Waals surface area contributed by atoms with Gasteiger partial charge in [0.2, 0.25) is 0 Å². The molecule has 1 aliphatic rings. The molecule has 28 heavy (non-hydrogen) atoms. The number of aryl methyl sites for hydroxylation is 1. The first kappa shape index (κ1) is 18.7. The Kier molecular flexibility index (Phi) is 4.96. The van der Waals surface area contributed by atoms with Gasteiger partial charge in [0.15, 0.2) is 0 Å². The zero-order valence-electron chi connectivity index (χ0n) is 16.0. The summed E-state index contributed by atoms with van der Waals surface area (Å²) in [7, 11) is 2.06. The summed E-state index contributed by atoms with van der Waals surface area (Å²) >= 11 is 6.48. The van der Waals surface area contributed by atoms with Gasteiger partial charge in [0.05, 0.1) is 0 Å². The van der Waals surface area contributed by atoms with E-state index in [1.807, 2.05) is 37.3 Å². The molecule has 1 atom stereocenters. The van der Waals surface area contributed by atoms with Crippen molar-refractivity contribution in [2.75, 3.05) is 25.9 Å². The fourth-order valence-electron chi connectivity index (χ4n) is 3.92. The van der Waals surface area contributed by atoms with E-state index < -0.39 is 0 Å². The van der Waals surface area contributed by atoms with E-state index in [9.17, 15) is 4.79 Å². The van der Waals surface area contributed by atoms with E-state index in [1.165, 1.54) is 0 Å². The van der Waals surface area contributed by atoms with Gasteiger partial charge in [-0.2, -0.15) is 0 Å². The summed E-state index contributed by atoms with van der Waals surface area (Å²) in [5.41, 5.74) is 9.38. The molecule has 0 unspecified atom stereocenters. The number of halogens is 1. The average molecular weight is 395 g/mol. The first-order valence-corrected chi connectivity index (χ1v) is 9.74. The molecule has 1 aliphatic heterocycles. The summed E-state index contributed by atoms with van der Waals surface area (Å²) in [5, 5.41) is 5.49. The second-order valence-electron chi connectivity index (χ2n) is 7.51. The van der Waals surface area contributed by atoms with Crippen LogP contribution >= 0.6 is 11.6 Å². The number of likely N-dealkylation sites (N-methyl/N-ethyl adjacent to an activating group) is 1. The van der Waals surface area contributed by atoms with Crippen molar-refractivity contribution < 1.29 is 4.79 Å². The number of nitrogens with one attached hydrogen (secondary N) is 1. The first-order chi connectivity index (χ1) is 13.4. The maximum atomic E-state index is 13.2. The van der Waals surface area contributed by atoms with Crippen LogP contribution in [-0.2, 0) is 0 Å². The molecule has 1 saturated heterocycles. The van der Waals surface area contributed by atoms with Gasteiger partial charge in [0, 0.05) is 40.3 Å². The third-order valence-electron chi connectivity index (χ3n) is 5.34. The molecule has 0 radical (unpaired) electrons. The Bertz CT molecular complexity index is 1050. The van der Waals surface area contributed by atoms with Gasteiger partial charge in [-0.15, -0.1) is 0 Å². The molecule has 6 heteroatoms. The minimum atomic E-state index is -0.0949. The number of amides is 1. The second kappa shape index (κ2) is 7.41. The molecule has 5 nitrogen and oxygen atoms in total. The van der Waals surface area contributed by atoms with E-state index in [-0.39, 0.29) is 11.9 Å². The van der Waals surface area contributed by atoms with Gasteiger partial charge in [0.25, 0.3) is 5.91 Å². The molecule has 4 rings (SSSR count). The average Bonchev–Trinajstić information content (AvgIpc) is 3.05. The van der Waals surface area contributed by atoms with Crippen molar-refractivity contribution in [3.8, 4) is 11.1 Å². The highest BCUT2D eigenvalue weighted by molar-refractivity contribution is 6.33. The second-order valence-corrected chi connectivity index (χ2v) is 7.91. The fourth-order valence-corrected chi connectivity index (χ4v) is 4.25. The van der Waals surface area contributed by atoms with Crippen LogP contribution in [0.5, 0.6) is 0 Å². The van der Waals surface area contributed by atoms with E-state index in [0.29, 0.717) is 16.4 Å². The highest BCUT2D eigenvalue weighted by Crippen LogP contribution is 2.35. The summed E-state index contributed by atoms with van der Waals surface area (Å²) in [6.45, 7) is 3.86. The molecule has 1 aromatic heterocycles. The van der Waals surface area contributed by atoms with E-state index >= 15 is 0 Å². The summed E-state index contributed by atoms with van der Waals surface area (Å²) in [6, 6.07) is 11.6. The maximum absolute atomic E-state index is 13.2. The first-order valence-electron chi connectivity index (χ1n) is 9.36. The highest BCUT2D eigenvalue weighted by Gasteiger charge is 2.23. The summed E-state index contributed by atoms with van der Waals surface area (Å²) in [6.07, 6.45) is 2.66. The predicted octanol–water partition coefficient (Wildman–Crippen LogP) is 3.88. The number of likely N-dealkylation sites (tertiary alicyclic amines) is 1. The molecule has 3 N–H and O–H groups in total. The van der Waals surface area contributed by atoms with Gasteiger partial charge in [-0.3, -0.25) is 4.79 Å². The number of anilines is 1. The third kappa shape index (κ3) is 3.55. The Labute approximate surface area is 169 Å². The topological polar surface area (TPSA) is 71.2 Å². The van der Waals surface area contributed by atoms with Gasteiger partial charge in [-0.1, -0.05) is 23.7 Å². The molecule has 2 aromatic carbocycles. The van der Waals surface area contributed by atoms with E-state index in [0.717, 1.165) is 47.0 Å². The molecule has 1 fully saturated rings. The van der Waals surface area contributed by atoms with Crippen molar-refractivity contribution in [3.63, 3.8) is 0 Å². The Morgan fingerprint density at radius 2 is 2.14 bits per heavy atom. The molecule has 144 valence electrons. The molecule has 0 spiro atoms. The van der Waals surface area contributed by atoms with E-state index in [4.69, 9.17) is 17.3 Å². The van der Waals surface area contributed by atoms with Crippen LogP contribution < -0.4 is 11.1 Å². The van der Waals surface area contributed by atoms with Crippen LogP contribution in [0.3, 0.4) is 0 Å². The lowest BCUT2D eigenvalue weighted by Gasteiger charge is -2.16. The molecule has 0 bridgehead atoms. The number of pyridine rings is 1. The molecular formula is C22H23ClN4O. The maximum Gasteiger partial charge on any atom is 0.252 e. The largest absolute Gasteiger partial charge is 0.384 e. The zero-order chi connectivity index (χ0) is 19.8. The molecular weight excluding hydrogens is 372 g/mol. The highest BCUT2D eigenvalue weighted by atomic mass is 35.5. The normalized spacial score (nSPS) is 17.2. The van der Waals surface area contributed by atoms with Gasteiger partial charge >= 0.3 is 0 Å². The Balaban J connectivity index is 1.83. The van der Waals surface area contributed by atoms with Gasteiger partial charge in [-0.25, -0.2) is 4.98 Å². The monoisotopic (exact) mass is 394 g/mol. The van der Waals surface area contributed by atoms with Crippen molar-refractivity contribution in [2.45, 2.75) is 19.4 Å². The molecule has 1 amide bonds. The van der Waals surface area contributed by atoms with Crippen LogP contribution in [0, 0.1) is 6.92 Å². The Hall–Kier alpha value is -2.63. The summed E-state index contributed by atoms with van der Waals surface area (Å²) in [4.78, 5) is 19.6. The lowest BCUT2D eigenvalue weighted by molar-refractivity contribution is 0.0940. The number of rotatable bonds is 3. The number of carbonyl (C=O) groups excluding carboxylic acids is 1. The SMILES string of the molecule is Cc1cccc(Cl)c1-c1cc(C(=O)N[C@@H]2CCN(C)C2)c2cc(N)ncc2c1. The summed E-state index contributed by atoms with van der Waals surface area (Å²) < 4.78 is 0. The van der Waals surface area contributed by atoms with Crippen LogP contribution in [-0.4, -0.2) is 42.0 Å². The number of hydrogen-bond acceptors (Lipinski definition) is 4. The van der Waals surface area contributed by atoms with Gasteiger partial charge in [0.1, 0.15) is 5.82 Å². The van der Waals surface area contributed by atoms with Crippen LogP contribution in [0.2, 0.25) is 5.02 Å². The number of aromatic nitrogens is 1. The standard InChI is InChI=1S/C22H23ClN4O/c1-13-4-3-5-19(23)21(13)14-8-15-11-25-20(24)10-17(15)18(9-14)22(28)26-16-6-7-27(2)12-16/h3-5,8-11,16H,6-7,12H2,1-2H3,(H2,24,25)(H,26,28)/t16-/m1/s1. The number of nitrogens with zero attached hydrogens (tertiary/aromatic N) is 2. The van der Waals surface area contributed by atoms with Crippen LogP contribution in [0.15, 0.2) is 42.6 Å².